The Bertz CT molecular complexity index is 485. The Hall–Kier alpha value is -0.800. The predicted molar refractivity (Wildman–Crippen MR) is 87.0 cm³/mol. The van der Waals surface area contributed by atoms with Crippen LogP contribution in [0.5, 0.6) is 0 Å². The molecule has 1 saturated carbocycles. The molecule has 0 bridgehead atoms. The van der Waals surface area contributed by atoms with E-state index in [2.05, 4.69) is 24.5 Å². The van der Waals surface area contributed by atoms with E-state index in [1.165, 1.54) is 19.3 Å². The Kier molecular flexibility index (Phi) is 4.36. The fraction of sp³-hybridized carbons (Fsp3) is 0.533. The van der Waals surface area contributed by atoms with Gasteiger partial charge in [-0.05, 0) is 61.5 Å². The maximum atomic E-state index is 6.10. The molecule has 0 aliphatic heterocycles. The third-order valence-electron chi connectivity index (χ3n) is 3.73. The number of anilines is 1. The summed E-state index contributed by atoms with van der Waals surface area (Å²) in [5.41, 5.74) is 2.44. The average molecular weight is 297 g/mol. The molecule has 1 aliphatic rings. The number of thiocarbonyl (C=S) groups is 1. The summed E-state index contributed by atoms with van der Waals surface area (Å²) in [5.74, 6) is 0. The standard InChI is InChI=1S/C15H21ClN2S/c1-10-4-5-11(8-13(10)16)17-14(19)18-12-6-7-15(2,3)9-12/h4-5,8,12H,6-7,9H2,1-3H3,(H2,17,18,19). The van der Waals surface area contributed by atoms with Crippen molar-refractivity contribution in [2.45, 2.75) is 46.1 Å². The van der Waals surface area contributed by atoms with Gasteiger partial charge < -0.3 is 10.6 Å². The Morgan fingerprint density at radius 1 is 1.42 bits per heavy atom. The largest absolute Gasteiger partial charge is 0.360 e. The van der Waals surface area contributed by atoms with Crippen LogP contribution in [0.3, 0.4) is 0 Å². The topological polar surface area (TPSA) is 24.1 Å². The first-order valence-corrected chi connectivity index (χ1v) is 7.48. The highest BCUT2D eigenvalue weighted by Crippen LogP contribution is 2.36. The van der Waals surface area contributed by atoms with E-state index in [4.69, 9.17) is 23.8 Å². The molecule has 4 heteroatoms. The third-order valence-corrected chi connectivity index (χ3v) is 4.36. The lowest BCUT2D eigenvalue weighted by Gasteiger charge is -2.19. The van der Waals surface area contributed by atoms with Crippen LogP contribution >= 0.6 is 23.8 Å². The monoisotopic (exact) mass is 296 g/mol. The first kappa shape index (κ1) is 14.6. The van der Waals surface area contributed by atoms with Gasteiger partial charge in [-0.3, -0.25) is 0 Å². The van der Waals surface area contributed by atoms with E-state index in [-0.39, 0.29) is 0 Å². The minimum absolute atomic E-state index is 0.431. The van der Waals surface area contributed by atoms with Crippen molar-refractivity contribution in [3.63, 3.8) is 0 Å². The Balaban J connectivity index is 1.89. The fourth-order valence-corrected chi connectivity index (χ4v) is 3.05. The van der Waals surface area contributed by atoms with Crippen molar-refractivity contribution in [1.29, 1.82) is 0 Å². The zero-order valence-corrected chi connectivity index (χ0v) is 13.3. The first-order valence-electron chi connectivity index (χ1n) is 6.69. The van der Waals surface area contributed by atoms with Crippen molar-refractivity contribution in [3.8, 4) is 0 Å². The van der Waals surface area contributed by atoms with Gasteiger partial charge in [0.05, 0.1) is 0 Å². The number of aryl methyl sites for hydroxylation is 1. The van der Waals surface area contributed by atoms with Gasteiger partial charge in [0.2, 0.25) is 0 Å². The first-order chi connectivity index (χ1) is 8.85. The molecule has 2 N–H and O–H groups in total. The van der Waals surface area contributed by atoms with E-state index in [1.807, 2.05) is 25.1 Å². The van der Waals surface area contributed by atoms with Gasteiger partial charge in [-0.25, -0.2) is 0 Å². The van der Waals surface area contributed by atoms with Crippen molar-refractivity contribution in [1.82, 2.24) is 5.32 Å². The second-order valence-corrected chi connectivity index (χ2v) is 6.98. The maximum Gasteiger partial charge on any atom is 0.170 e. The highest BCUT2D eigenvalue weighted by atomic mass is 35.5. The van der Waals surface area contributed by atoms with Crippen molar-refractivity contribution < 1.29 is 0 Å². The molecule has 19 heavy (non-hydrogen) atoms. The second kappa shape index (κ2) is 5.68. The van der Waals surface area contributed by atoms with Gasteiger partial charge in [0, 0.05) is 16.8 Å². The van der Waals surface area contributed by atoms with Gasteiger partial charge >= 0.3 is 0 Å². The zero-order valence-electron chi connectivity index (χ0n) is 11.7. The Labute approximate surface area is 125 Å². The molecule has 1 aromatic rings. The molecule has 1 aliphatic carbocycles. The van der Waals surface area contributed by atoms with Gasteiger partial charge in [0.1, 0.15) is 0 Å². The molecule has 0 aromatic heterocycles. The molecule has 0 amide bonds. The molecular weight excluding hydrogens is 276 g/mol. The molecule has 2 rings (SSSR count). The predicted octanol–water partition coefficient (Wildman–Crippen LogP) is 4.51. The molecule has 2 nitrogen and oxygen atoms in total. The molecule has 1 aromatic carbocycles. The van der Waals surface area contributed by atoms with E-state index in [1.54, 1.807) is 0 Å². The number of hydrogen-bond donors (Lipinski definition) is 2. The summed E-state index contributed by atoms with van der Waals surface area (Å²) >= 11 is 11.5. The van der Waals surface area contributed by atoms with Crippen LogP contribution in [0.15, 0.2) is 18.2 Å². The molecule has 1 atom stereocenters. The number of halogens is 1. The smallest absolute Gasteiger partial charge is 0.170 e. The molecule has 0 saturated heterocycles. The minimum atomic E-state index is 0.431. The quantitative estimate of drug-likeness (QED) is 0.785. The number of rotatable bonds is 2. The summed E-state index contributed by atoms with van der Waals surface area (Å²) in [4.78, 5) is 0. The van der Waals surface area contributed by atoms with Crippen LogP contribution in [0.2, 0.25) is 5.02 Å². The number of benzene rings is 1. The summed E-state index contributed by atoms with van der Waals surface area (Å²) in [6.07, 6.45) is 3.61. The molecule has 104 valence electrons. The highest BCUT2D eigenvalue weighted by Gasteiger charge is 2.31. The molecule has 1 unspecified atom stereocenters. The number of nitrogens with one attached hydrogen (secondary N) is 2. The van der Waals surface area contributed by atoms with E-state index in [0.717, 1.165) is 16.3 Å². The van der Waals surface area contributed by atoms with Crippen molar-refractivity contribution in [2.75, 3.05) is 5.32 Å². The second-order valence-electron chi connectivity index (χ2n) is 6.17. The van der Waals surface area contributed by atoms with E-state index >= 15 is 0 Å². The summed E-state index contributed by atoms with van der Waals surface area (Å²) in [7, 11) is 0. The van der Waals surface area contributed by atoms with Crippen LogP contribution in [0.1, 0.15) is 38.7 Å². The van der Waals surface area contributed by atoms with E-state index in [0.29, 0.717) is 16.6 Å². The summed E-state index contributed by atoms with van der Waals surface area (Å²) < 4.78 is 0. The average Bonchev–Trinajstić information content (AvgIpc) is 2.63. The lowest BCUT2D eigenvalue weighted by atomic mass is 9.92. The van der Waals surface area contributed by atoms with Gasteiger partial charge in [-0.15, -0.1) is 0 Å². The maximum absolute atomic E-state index is 6.10. The molecule has 0 heterocycles. The highest BCUT2D eigenvalue weighted by molar-refractivity contribution is 7.80. The van der Waals surface area contributed by atoms with Crippen molar-refractivity contribution in [3.05, 3.63) is 28.8 Å². The Morgan fingerprint density at radius 2 is 2.16 bits per heavy atom. The van der Waals surface area contributed by atoms with Crippen LogP contribution in [0.4, 0.5) is 5.69 Å². The summed E-state index contributed by atoms with van der Waals surface area (Å²) in [5, 5.41) is 8.04. The molecule has 0 radical (unpaired) electrons. The van der Waals surface area contributed by atoms with Crippen molar-refractivity contribution >= 4 is 34.6 Å². The molecule has 0 spiro atoms. The zero-order chi connectivity index (χ0) is 14.0. The van der Waals surface area contributed by atoms with Gasteiger partial charge in [0.25, 0.3) is 0 Å². The van der Waals surface area contributed by atoms with Crippen LogP contribution in [0.25, 0.3) is 0 Å². The lowest BCUT2D eigenvalue weighted by Crippen LogP contribution is -2.36. The fourth-order valence-electron chi connectivity index (χ4n) is 2.58. The third kappa shape index (κ3) is 4.08. The summed E-state index contributed by atoms with van der Waals surface area (Å²) in [6, 6.07) is 6.37. The SMILES string of the molecule is Cc1ccc(NC(=S)NC2CCC(C)(C)C2)cc1Cl. The normalized spacial score (nSPS) is 21.2. The van der Waals surface area contributed by atoms with Crippen LogP contribution in [0, 0.1) is 12.3 Å². The Morgan fingerprint density at radius 3 is 2.74 bits per heavy atom. The van der Waals surface area contributed by atoms with Gasteiger partial charge in [-0.2, -0.15) is 0 Å². The van der Waals surface area contributed by atoms with Crippen LogP contribution in [-0.2, 0) is 0 Å². The van der Waals surface area contributed by atoms with E-state index in [9.17, 15) is 0 Å². The lowest BCUT2D eigenvalue weighted by molar-refractivity contribution is 0.372. The minimum Gasteiger partial charge on any atom is -0.360 e. The molecule has 1 fully saturated rings. The van der Waals surface area contributed by atoms with Gasteiger partial charge in [0.15, 0.2) is 5.11 Å². The van der Waals surface area contributed by atoms with E-state index < -0.39 is 0 Å². The summed E-state index contributed by atoms with van der Waals surface area (Å²) in [6.45, 7) is 6.61. The van der Waals surface area contributed by atoms with Gasteiger partial charge in [-0.1, -0.05) is 31.5 Å². The molecular formula is C15H21ClN2S. The number of hydrogen-bond acceptors (Lipinski definition) is 1. The van der Waals surface area contributed by atoms with Crippen LogP contribution in [-0.4, -0.2) is 11.2 Å². The van der Waals surface area contributed by atoms with Crippen molar-refractivity contribution in [2.24, 2.45) is 5.41 Å². The van der Waals surface area contributed by atoms with Crippen LogP contribution < -0.4 is 10.6 Å².